The maximum atomic E-state index is 13.5. The number of carboxylic acid groups (broad SMARTS) is 1. The third kappa shape index (κ3) is 2.33. The molecule has 3 aromatic rings. The summed E-state index contributed by atoms with van der Waals surface area (Å²) < 4.78 is 0.598. The van der Waals surface area contributed by atoms with Crippen LogP contribution in [0.25, 0.3) is 10.1 Å². The number of benzene rings is 1. The van der Waals surface area contributed by atoms with Crippen LogP contribution in [0.15, 0.2) is 30.5 Å². The van der Waals surface area contributed by atoms with Crippen LogP contribution < -0.4 is 17.2 Å². The lowest BCUT2D eigenvalue weighted by atomic mass is 9.70. The first-order valence-electron chi connectivity index (χ1n) is 9.48. The molecule has 1 fully saturated rings. The summed E-state index contributed by atoms with van der Waals surface area (Å²) in [4.78, 5) is 29.8. The second-order valence-corrected chi connectivity index (χ2v) is 8.82. The Labute approximate surface area is 170 Å². The van der Waals surface area contributed by atoms with E-state index in [4.69, 9.17) is 17.2 Å². The van der Waals surface area contributed by atoms with Crippen LogP contribution in [0, 0.1) is 0 Å². The molecule has 0 saturated heterocycles. The molecule has 1 saturated carbocycles. The molecule has 0 spiro atoms. The number of rotatable bonds is 3. The number of anilines is 1. The number of pyridine rings is 1. The summed E-state index contributed by atoms with van der Waals surface area (Å²) in [6.07, 6.45) is 4.99. The molecule has 0 radical (unpaired) electrons. The third-order valence-electron chi connectivity index (χ3n) is 6.27. The van der Waals surface area contributed by atoms with Gasteiger partial charge in [0, 0.05) is 34.4 Å². The smallest absolute Gasteiger partial charge is 0.346 e. The average molecular weight is 408 g/mol. The fourth-order valence-corrected chi connectivity index (χ4v) is 5.60. The van der Waals surface area contributed by atoms with Gasteiger partial charge in [-0.1, -0.05) is 12.5 Å². The van der Waals surface area contributed by atoms with Crippen LogP contribution in [0.5, 0.6) is 0 Å². The zero-order valence-electron chi connectivity index (χ0n) is 15.5. The monoisotopic (exact) mass is 408 g/mol. The van der Waals surface area contributed by atoms with Crippen molar-refractivity contribution in [2.24, 2.45) is 11.5 Å². The van der Waals surface area contributed by atoms with E-state index in [9.17, 15) is 14.7 Å². The lowest BCUT2D eigenvalue weighted by Crippen LogP contribution is -2.52. The highest BCUT2D eigenvalue weighted by Crippen LogP contribution is 2.49. The number of nitrogens with two attached hydrogens (primary N) is 3. The van der Waals surface area contributed by atoms with Crippen molar-refractivity contribution in [3.8, 4) is 0 Å². The van der Waals surface area contributed by atoms with Crippen LogP contribution in [0.4, 0.5) is 5.69 Å². The van der Waals surface area contributed by atoms with Gasteiger partial charge in [-0.15, -0.1) is 11.3 Å². The van der Waals surface area contributed by atoms with E-state index < -0.39 is 23.3 Å². The van der Waals surface area contributed by atoms with E-state index in [1.165, 1.54) is 6.42 Å². The van der Waals surface area contributed by atoms with E-state index in [1.807, 2.05) is 6.07 Å². The highest BCUT2D eigenvalue weighted by molar-refractivity contribution is 7.21. The number of hydrogen-bond donors (Lipinski definition) is 4. The molecule has 5 rings (SSSR count). The number of carboxylic acids is 1. The highest BCUT2D eigenvalue weighted by Gasteiger charge is 2.49. The molecule has 2 heterocycles. The minimum atomic E-state index is -1.49. The number of carbonyl (C=O) groups is 2. The second-order valence-electron chi connectivity index (χ2n) is 7.80. The van der Waals surface area contributed by atoms with E-state index in [0.717, 1.165) is 29.9 Å². The molecule has 2 unspecified atom stereocenters. The molecule has 148 valence electrons. The Morgan fingerprint density at radius 1 is 1.28 bits per heavy atom. The summed E-state index contributed by atoms with van der Waals surface area (Å²) in [7, 11) is 0. The molecule has 0 aliphatic heterocycles. The van der Waals surface area contributed by atoms with Gasteiger partial charge in [0.15, 0.2) is 5.78 Å². The lowest BCUT2D eigenvalue weighted by molar-refractivity contribution is -0.124. The predicted octanol–water partition coefficient (Wildman–Crippen LogP) is 2.63. The fraction of sp³-hybridized carbons (Fsp3) is 0.286. The Bertz CT molecular complexity index is 1200. The summed E-state index contributed by atoms with van der Waals surface area (Å²) in [5.74, 6) is -1.18. The average Bonchev–Trinajstić information content (AvgIpc) is 3.06. The van der Waals surface area contributed by atoms with Gasteiger partial charge in [-0.05, 0) is 42.2 Å². The maximum absolute atomic E-state index is 13.5. The van der Waals surface area contributed by atoms with Crippen molar-refractivity contribution in [1.29, 1.82) is 0 Å². The maximum Gasteiger partial charge on any atom is 0.346 e. The lowest BCUT2D eigenvalue weighted by Gasteiger charge is -2.37. The van der Waals surface area contributed by atoms with Crippen LogP contribution >= 0.6 is 11.3 Å². The van der Waals surface area contributed by atoms with Gasteiger partial charge in [-0.25, -0.2) is 4.79 Å². The van der Waals surface area contributed by atoms with Crippen molar-refractivity contribution in [2.75, 3.05) is 5.73 Å². The zero-order chi connectivity index (χ0) is 20.5. The molecule has 29 heavy (non-hydrogen) atoms. The van der Waals surface area contributed by atoms with Gasteiger partial charge in [0.05, 0.1) is 10.7 Å². The number of thiophene rings is 1. The van der Waals surface area contributed by atoms with E-state index >= 15 is 0 Å². The highest BCUT2D eigenvalue weighted by atomic mass is 32.1. The largest absolute Gasteiger partial charge is 0.477 e. The minimum Gasteiger partial charge on any atom is -0.477 e. The summed E-state index contributed by atoms with van der Waals surface area (Å²) >= 11 is 1.04. The normalized spacial score (nSPS) is 23.9. The zero-order valence-corrected chi connectivity index (χ0v) is 16.3. The topological polar surface area (TPSA) is 145 Å². The molecule has 2 atom stereocenters. The summed E-state index contributed by atoms with van der Waals surface area (Å²) in [5, 5.41) is 10.2. The fourth-order valence-electron chi connectivity index (χ4n) is 4.46. The van der Waals surface area contributed by atoms with Crippen LogP contribution in [0.2, 0.25) is 0 Å². The number of Topliss-reactive ketones (excluding diaryl/α,β-unsaturated/α-hetero) is 1. The molecule has 2 aromatic heterocycles. The summed E-state index contributed by atoms with van der Waals surface area (Å²) in [6, 6.07) is 5.88. The van der Waals surface area contributed by atoms with Crippen molar-refractivity contribution >= 4 is 38.9 Å². The number of hydrogen-bond acceptors (Lipinski definition) is 7. The van der Waals surface area contributed by atoms with Crippen LogP contribution in [-0.4, -0.2) is 21.8 Å². The molecule has 0 bridgehead atoms. The van der Waals surface area contributed by atoms with Gasteiger partial charge in [-0.3, -0.25) is 9.78 Å². The first-order valence-corrected chi connectivity index (χ1v) is 10.3. The molecule has 7 N–H and O–H groups in total. The number of aromatic nitrogens is 1. The van der Waals surface area contributed by atoms with E-state index in [0.29, 0.717) is 38.4 Å². The Morgan fingerprint density at radius 2 is 2.03 bits per heavy atom. The van der Waals surface area contributed by atoms with Crippen molar-refractivity contribution in [3.05, 3.63) is 57.7 Å². The predicted molar refractivity (Wildman–Crippen MR) is 111 cm³/mol. The number of aromatic carboxylic acids is 1. The number of ketones is 1. The molecule has 2 aliphatic rings. The van der Waals surface area contributed by atoms with Crippen molar-refractivity contribution in [3.63, 3.8) is 0 Å². The van der Waals surface area contributed by atoms with Gasteiger partial charge >= 0.3 is 5.97 Å². The third-order valence-corrected chi connectivity index (χ3v) is 7.51. The SMILES string of the molecule is Nc1ccc2c3c(c(C(=O)O)sc13)C(N)C(=O)C2(N)c1ccnc(C2CCC2)c1. The van der Waals surface area contributed by atoms with E-state index in [-0.39, 0.29) is 4.88 Å². The van der Waals surface area contributed by atoms with Crippen LogP contribution in [0.1, 0.15) is 63.3 Å². The van der Waals surface area contributed by atoms with Crippen LogP contribution in [-0.2, 0) is 10.3 Å². The Balaban J connectivity index is 1.81. The molecule has 2 aliphatic carbocycles. The minimum absolute atomic E-state index is 0.0342. The standard InChI is InChI=1S/C21H20N4O3S/c22-12-5-4-11-14-15(18(20(27)28)29-17(12)14)16(23)19(26)21(11,24)10-6-7-25-13(8-10)9-2-1-3-9/h4-9,16H,1-3,22-24H2,(H,27,28). The van der Waals surface area contributed by atoms with E-state index in [1.54, 1.807) is 24.4 Å². The van der Waals surface area contributed by atoms with Crippen molar-refractivity contribution in [2.45, 2.75) is 36.8 Å². The molecule has 7 nitrogen and oxygen atoms in total. The van der Waals surface area contributed by atoms with Gasteiger partial charge in [0.2, 0.25) is 0 Å². The summed E-state index contributed by atoms with van der Waals surface area (Å²) in [6.45, 7) is 0. The van der Waals surface area contributed by atoms with Gasteiger partial charge < -0.3 is 22.3 Å². The van der Waals surface area contributed by atoms with E-state index in [2.05, 4.69) is 4.98 Å². The molecule has 0 amide bonds. The second kappa shape index (κ2) is 6.09. The number of nitrogen functional groups attached to an aromatic ring is 1. The Morgan fingerprint density at radius 3 is 2.69 bits per heavy atom. The van der Waals surface area contributed by atoms with Gasteiger partial charge in [0.25, 0.3) is 0 Å². The number of carbonyl (C=O) groups excluding carboxylic acids is 1. The molecular weight excluding hydrogens is 388 g/mol. The quantitative estimate of drug-likeness (QED) is 0.487. The first-order chi connectivity index (χ1) is 13.8. The van der Waals surface area contributed by atoms with Gasteiger partial charge in [-0.2, -0.15) is 0 Å². The Hall–Kier alpha value is -2.81. The molecule has 8 heteroatoms. The Kier molecular flexibility index (Phi) is 3.83. The summed E-state index contributed by atoms with van der Waals surface area (Å²) in [5.41, 5.74) is 20.6. The van der Waals surface area contributed by atoms with Crippen LogP contribution in [0.3, 0.4) is 0 Å². The molecular formula is C21H20N4O3S. The van der Waals surface area contributed by atoms with Crippen molar-refractivity contribution < 1.29 is 14.7 Å². The molecule has 1 aromatic carbocycles. The number of nitrogens with zero attached hydrogens (tertiary/aromatic N) is 1. The van der Waals surface area contributed by atoms with Gasteiger partial charge in [0.1, 0.15) is 10.4 Å². The van der Waals surface area contributed by atoms with Crippen molar-refractivity contribution in [1.82, 2.24) is 4.98 Å². The first kappa shape index (κ1) is 18.2.